The zero-order valence-corrected chi connectivity index (χ0v) is 16.3. The smallest absolute Gasteiger partial charge is 0.256 e. The van der Waals surface area contributed by atoms with E-state index in [-0.39, 0.29) is 18.5 Å². The summed E-state index contributed by atoms with van der Waals surface area (Å²) in [6, 6.07) is 18.1. The van der Waals surface area contributed by atoms with Crippen LogP contribution in [-0.2, 0) is 13.0 Å². The number of carbonyl (C=O) groups excluding carboxylic acids is 2. The molecule has 0 fully saturated rings. The third kappa shape index (κ3) is 3.65. The lowest BCUT2D eigenvalue weighted by Crippen LogP contribution is -2.34. The van der Waals surface area contributed by atoms with Gasteiger partial charge in [-0.3, -0.25) is 14.6 Å². The van der Waals surface area contributed by atoms with Gasteiger partial charge >= 0.3 is 0 Å². The monoisotopic (exact) mass is 396 g/mol. The zero-order valence-electron chi connectivity index (χ0n) is 16.3. The summed E-state index contributed by atoms with van der Waals surface area (Å²) in [6.07, 6.45) is 4.72. The Morgan fingerprint density at radius 3 is 2.73 bits per heavy atom. The van der Waals surface area contributed by atoms with Crippen LogP contribution in [0.3, 0.4) is 0 Å². The Labute approximate surface area is 174 Å². The van der Waals surface area contributed by atoms with Crippen LogP contribution in [0.25, 0.3) is 0 Å². The molecule has 6 heteroatoms. The summed E-state index contributed by atoms with van der Waals surface area (Å²) in [5.74, 6) is -0.708. The molecule has 0 radical (unpaired) electrons. The SMILES string of the molecule is N#Cc1ccc2c(c1)[C@H](N(Cc1ccccc1C(N)=O)C(=O)c1cccnc1)CC2. The highest BCUT2D eigenvalue weighted by molar-refractivity contribution is 5.96. The topological polar surface area (TPSA) is 100 Å². The van der Waals surface area contributed by atoms with E-state index in [2.05, 4.69) is 11.1 Å². The largest absolute Gasteiger partial charge is 0.366 e. The molecule has 1 heterocycles. The molecule has 0 aliphatic heterocycles. The fourth-order valence-electron chi connectivity index (χ4n) is 4.03. The van der Waals surface area contributed by atoms with E-state index in [9.17, 15) is 14.9 Å². The predicted octanol–water partition coefficient (Wildman–Crippen LogP) is 3.38. The van der Waals surface area contributed by atoms with Crippen molar-refractivity contribution in [2.75, 3.05) is 0 Å². The lowest BCUT2D eigenvalue weighted by atomic mass is 10.0. The second kappa shape index (κ2) is 8.18. The van der Waals surface area contributed by atoms with E-state index in [1.165, 1.54) is 6.20 Å². The molecule has 1 aromatic heterocycles. The maximum atomic E-state index is 13.5. The van der Waals surface area contributed by atoms with Crippen molar-refractivity contribution in [1.82, 2.24) is 9.88 Å². The predicted molar refractivity (Wildman–Crippen MR) is 111 cm³/mol. The van der Waals surface area contributed by atoms with Gasteiger partial charge in [0.1, 0.15) is 0 Å². The summed E-state index contributed by atoms with van der Waals surface area (Å²) >= 11 is 0. The summed E-state index contributed by atoms with van der Waals surface area (Å²) in [6.45, 7) is 0.230. The summed E-state index contributed by atoms with van der Waals surface area (Å²) in [5.41, 5.74) is 9.78. The summed E-state index contributed by atoms with van der Waals surface area (Å²) < 4.78 is 0. The summed E-state index contributed by atoms with van der Waals surface area (Å²) in [5, 5.41) is 9.32. The molecule has 4 rings (SSSR count). The Morgan fingerprint density at radius 2 is 2.00 bits per heavy atom. The van der Waals surface area contributed by atoms with Crippen molar-refractivity contribution < 1.29 is 9.59 Å². The minimum absolute atomic E-state index is 0.178. The van der Waals surface area contributed by atoms with Gasteiger partial charge in [0.05, 0.1) is 23.2 Å². The van der Waals surface area contributed by atoms with Crippen molar-refractivity contribution in [1.29, 1.82) is 5.26 Å². The van der Waals surface area contributed by atoms with Crippen LogP contribution in [0, 0.1) is 11.3 Å². The number of nitriles is 1. The Bertz CT molecular complexity index is 1150. The molecular weight excluding hydrogens is 376 g/mol. The first-order valence-electron chi connectivity index (χ1n) is 9.70. The number of benzene rings is 2. The first-order valence-corrected chi connectivity index (χ1v) is 9.70. The normalized spacial score (nSPS) is 14.6. The summed E-state index contributed by atoms with van der Waals surface area (Å²) in [4.78, 5) is 31.2. The third-order valence-corrected chi connectivity index (χ3v) is 5.49. The number of hydrogen-bond acceptors (Lipinski definition) is 4. The second-order valence-electron chi connectivity index (χ2n) is 7.28. The number of aryl methyl sites for hydroxylation is 1. The quantitative estimate of drug-likeness (QED) is 0.714. The molecule has 2 aromatic carbocycles. The van der Waals surface area contributed by atoms with Crippen molar-refractivity contribution in [3.63, 3.8) is 0 Å². The number of amides is 2. The van der Waals surface area contributed by atoms with Crippen molar-refractivity contribution >= 4 is 11.8 Å². The van der Waals surface area contributed by atoms with E-state index >= 15 is 0 Å². The van der Waals surface area contributed by atoms with Gasteiger partial charge in [0, 0.05) is 24.5 Å². The first-order chi connectivity index (χ1) is 14.6. The van der Waals surface area contributed by atoms with Gasteiger partial charge < -0.3 is 10.6 Å². The lowest BCUT2D eigenvalue weighted by molar-refractivity contribution is 0.0656. The van der Waals surface area contributed by atoms with Gasteiger partial charge in [-0.15, -0.1) is 0 Å². The number of nitrogens with zero attached hydrogens (tertiary/aromatic N) is 3. The molecule has 0 bridgehead atoms. The number of hydrogen-bond donors (Lipinski definition) is 1. The highest BCUT2D eigenvalue weighted by Crippen LogP contribution is 2.38. The number of aromatic nitrogens is 1. The van der Waals surface area contributed by atoms with E-state index in [0.717, 1.165) is 24.0 Å². The average Bonchev–Trinajstić information content (AvgIpc) is 3.20. The van der Waals surface area contributed by atoms with E-state index < -0.39 is 5.91 Å². The van der Waals surface area contributed by atoms with Crippen molar-refractivity contribution in [2.45, 2.75) is 25.4 Å². The average molecular weight is 396 g/mol. The minimum Gasteiger partial charge on any atom is -0.366 e. The fourth-order valence-corrected chi connectivity index (χ4v) is 4.03. The highest BCUT2D eigenvalue weighted by Gasteiger charge is 2.32. The molecule has 1 aliphatic rings. The number of pyridine rings is 1. The molecule has 6 nitrogen and oxygen atoms in total. The molecule has 2 amide bonds. The molecule has 3 aromatic rings. The summed E-state index contributed by atoms with van der Waals surface area (Å²) in [7, 11) is 0. The fraction of sp³-hybridized carbons (Fsp3) is 0.167. The first kappa shape index (κ1) is 19.3. The molecular formula is C24H20N4O2. The Hall–Kier alpha value is -3.98. The molecule has 1 aliphatic carbocycles. The number of nitrogens with two attached hydrogens (primary N) is 1. The van der Waals surface area contributed by atoms with Gasteiger partial charge in [0.15, 0.2) is 0 Å². The lowest BCUT2D eigenvalue weighted by Gasteiger charge is -2.30. The maximum Gasteiger partial charge on any atom is 0.256 e. The van der Waals surface area contributed by atoms with Crippen LogP contribution in [0.5, 0.6) is 0 Å². The third-order valence-electron chi connectivity index (χ3n) is 5.49. The van der Waals surface area contributed by atoms with Crippen molar-refractivity contribution in [2.24, 2.45) is 5.73 Å². The molecule has 0 saturated heterocycles. The molecule has 148 valence electrons. The molecule has 0 saturated carbocycles. The van der Waals surface area contributed by atoms with Crippen molar-refractivity contribution in [3.8, 4) is 6.07 Å². The van der Waals surface area contributed by atoms with Crippen LogP contribution in [-0.4, -0.2) is 21.7 Å². The van der Waals surface area contributed by atoms with Gasteiger partial charge in [-0.2, -0.15) is 5.26 Å². The molecule has 30 heavy (non-hydrogen) atoms. The van der Waals surface area contributed by atoms with Crippen LogP contribution in [0.1, 0.15) is 55.4 Å². The number of rotatable bonds is 5. The Morgan fingerprint density at radius 1 is 1.17 bits per heavy atom. The second-order valence-corrected chi connectivity index (χ2v) is 7.28. The van der Waals surface area contributed by atoms with Crippen LogP contribution in [0.15, 0.2) is 67.0 Å². The molecule has 2 N–H and O–H groups in total. The Balaban J connectivity index is 1.78. The van der Waals surface area contributed by atoms with Crippen molar-refractivity contribution in [3.05, 3.63) is 100 Å². The Kier molecular flexibility index (Phi) is 5.27. The van der Waals surface area contributed by atoms with E-state index in [0.29, 0.717) is 22.3 Å². The number of fused-ring (bicyclic) bond motifs is 1. The van der Waals surface area contributed by atoms with Crippen LogP contribution in [0.2, 0.25) is 0 Å². The van der Waals surface area contributed by atoms with E-state index in [4.69, 9.17) is 5.73 Å². The van der Waals surface area contributed by atoms with E-state index in [1.54, 1.807) is 41.4 Å². The molecule has 1 atom stereocenters. The number of primary amides is 1. The van der Waals surface area contributed by atoms with Gasteiger partial charge in [-0.25, -0.2) is 0 Å². The molecule has 0 unspecified atom stereocenters. The standard InChI is InChI=1S/C24H20N4O2/c25-13-16-7-8-17-9-10-22(21(17)12-16)28(24(30)18-5-3-11-27-14-18)15-19-4-1-2-6-20(19)23(26)29/h1-8,11-12,14,22H,9-10,15H2,(H2,26,29)/t22-/m1/s1. The van der Waals surface area contributed by atoms with E-state index in [1.807, 2.05) is 24.3 Å². The van der Waals surface area contributed by atoms with Gasteiger partial charge in [-0.1, -0.05) is 24.3 Å². The highest BCUT2D eigenvalue weighted by atomic mass is 16.2. The van der Waals surface area contributed by atoms with Crippen LogP contribution in [0.4, 0.5) is 0 Å². The maximum absolute atomic E-state index is 13.5. The van der Waals surface area contributed by atoms with Crippen LogP contribution >= 0.6 is 0 Å². The van der Waals surface area contributed by atoms with Crippen LogP contribution < -0.4 is 5.73 Å². The van der Waals surface area contributed by atoms with Gasteiger partial charge in [-0.05, 0) is 59.9 Å². The number of carbonyl (C=O) groups is 2. The molecule has 0 spiro atoms. The minimum atomic E-state index is -0.530. The zero-order chi connectivity index (χ0) is 21.1. The van der Waals surface area contributed by atoms with Gasteiger partial charge in [0.25, 0.3) is 5.91 Å². The van der Waals surface area contributed by atoms with Gasteiger partial charge in [0.2, 0.25) is 5.91 Å².